The van der Waals surface area contributed by atoms with Crippen molar-refractivity contribution in [2.24, 2.45) is 0 Å². The molecule has 0 radical (unpaired) electrons. The lowest BCUT2D eigenvalue weighted by Crippen LogP contribution is -2.11. The van der Waals surface area contributed by atoms with Crippen LogP contribution >= 0.6 is 0 Å². The van der Waals surface area contributed by atoms with Crippen LogP contribution in [0.3, 0.4) is 0 Å². The van der Waals surface area contributed by atoms with Crippen molar-refractivity contribution in [3.63, 3.8) is 0 Å². The summed E-state index contributed by atoms with van der Waals surface area (Å²) in [6.45, 7) is 0.802. The number of hydrogen-bond donors (Lipinski definition) is 1. The van der Waals surface area contributed by atoms with Gasteiger partial charge in [0.2, 0.25) is 0 Å². The summed E-state index contributed by atoms with van der Waals surface area (Å²) in [4.78, 5) is 0. The minimum atomic E-state index is -0.376. The van der Waals surface area contributed by atoms with Gasteiger partial charge in [0.25, 0.3) is 0 Å². The first-order valence-electron chi connectivity index (χ1n) is 6.38. The monoisotopic (exact) mass is 221 g/mol. The van der Waals surface area contributed by atoms with Gasteiger partial charge in [-0.15, -0.1) is 5.10 Å². The van der Waals surface area contributed by atoms with Gasteiger partial charge in [-0.2, -0.15) is 0 Å². The topological polar surface area (TPSA) is 50.9 Å². The zero-order chi connectivity index (χ0) is 11.0. The van der Waals surface area contributed by atoms with Crippen LogP contribution in [-0.2, 0) is 6.54 Å². The highest BCUT2D eigenvalue weighted by atomic mass is 16.3. The van der Waals surface area contributed by atoms with Crippen LogP contribution in [0.2, 0.25) is 0 Å². The molecule has 2 fully saturated rings. The molecule has 88 valence electrons. The molecule has 1 aromatic heterocycles. The fraction of sp³-hybridized carbons (Fsp3) is 0.833. The number of aliphatic hydroxyl groups is 1. The van der Waals surface area contributed by atoms with E-state index < -0.39 is 0 Å². The minimum absolute atomic E-state index is 0.376. The fourth-order valence-electron chi connectivity index (χ4n) is 2.55. The van der Waals surface area contributed by atoms with E-state index in [1.54, 1.807) is 0 Å². The normalized spacial score (nSPS) is 23.8. The molecule has 4 nitrogen and oxygen atoms in total. The molecular formula is C12H19N3O. The highest BCUT2D eigenvalue weighted by Gasteiger charge is 2.39. The van der Waals surface area contributed by atoms with Crippen molar-refractivity contribution in [3.05, 3.63) is 11.9 Å². The highest BCUT2D eigenvalue weighted by molar-refractivity contribution is 5.04. The molecule has 0 saturated heterocycles. The molecule has 0 unspecified atom stereocenters. The summed E-state index contributed by atoms with van der Waals surface area (Å²) < 4.78 is 1.89. The average molecular weight is 221 g/mol. The van der Waals surface area contributed by atoms with E-state index in [1.165, 1.54) is 25.7 Å². The Hall–Kier alpha value is -0.900. The predicted octanol–water partition coefficient (Wildman–Crippen LogP) is 1.85. The van der Waals surface area contributed by atoms with E-state index in [0.717, 1.165) is 31.5 Å². The van der Waals surface area contributed by atoms with E-state index in [9.17, 15) is 5.11 Å². The first-order chi connectivity index (χ1) is 7.75. The smallest absolute Gasteiger partial charge is 0.0857 e. The Morgan fingerprint density at radius 2 is 2.12 bits per heavy atom. The molecule has 2 saturated carbocycles. The lowest BCUT2D eigenvalue weighted by molar-refractivity contribution is 0.132. The number of hydrogen-bond acceptors (Lipinski definition) is 3. The minimum Gasteiger partial charge on any atom is -0.390 e. The van der Waals surface area contributed by atoms with Gasteiger partial charge in [-0.1, -0.05) is 18.1 Å². The van der Waals surface area contributed by atoms with Crippen molar-refractivity contribution in [1.29, 1.82) is 0 Å². The largest absolute Gasteiger partial charge is 0.390 e. The molecule has 2 aliphatic rings. The molecule has 0 aliphatic heterocycles. The Morgan fingerprint density at radius 3 is 2.81 bits per heavy atom. The van der Waals surface area contributed by atoms with Crippen LogP contribution < -0.4 is 0 Å². The standard InChI is InChI=1S/C12H19N3O/c16-12(5-6-12)7-8-15-9-11(13-14-15)10-3-1-2-4-10/h9-10,16H,1-8H2. The van der Waals surface area contributed by atoms with Crippen molar-refractivity contribution >= 4 is 0 Å². The van der Waals surface area contributed by atoms with Gasteiger partial charge >= 0.3 is 0 Å². The zero-order valence-electron chi connectivity index (χ0n) is 9.60. The molecule has 1 aromatic rings. The molecule has 3 rings (SSSR count). The summed E-state index contributed by atoms with van der Waals surface area (Å²) >= 11 is 0. The number of aryl methyl sites for hydroxylation is 1. The Balaban J connectivity index is 1.58. The van der Waals surface area contributed by atoms with Crippen LogP contribution in [0.4, 0.5) is 0 Å². The molecular weight excluding hydrogens is 202 g/mol. The van der Waals surface area contributed by atoms with Gasteiger partial charge in [-0.05, 0) is 32.1 Å². The molecule has 0 bridgehead atoms. The number of aromatic nitrogens is 3. The molecule has 0 amide bonds. The van der Waals surface area contributed by atoms with Crippen LogP contribution in [0.1, 0.15) is 56.6 Å². The Morgan fingerprint density at radius 1 is 1.38 bits per heavy atom. The third-order valence-corrected chi connectivity index (χ3v) is 3.96. The van der Waals surface area contributed by atoms with E-state index in [-0.39, 0.29) is 5.60 Å². The molecule has 4 heteroatoms. The highest BCUT2D eigenvalue weighted by Crippen LogP contribution is 2.38. The molecule has 0 atom stereocenters. The van der Waals surface area contributed by atoms with Crippen LogP contribution in [0.25, 0.3) is 0 Å². The van der Waals surface area contributed by atoms with E-state index in [2.05, 4.69) is 16.5 Å². The number of nitrogens with zero attached hydrogens (tertiary/aromatic N) is 3. The lowest BCUT2D eigenvalue weighted by Gasteiger charge is -2.06. The Labute approximate surface area is 95.7 Å². The van der Waals surface area contributed by atoms with E-state index in [1.807, 2.05) is 4.68 Å². The summed E-state index contributed by atoms with van der Waals surface area (Å²) in [6, 6.07) is 0. The van der Waals surface area contributed by atoms with Gasteiger partial charge in [0.05, 0.1) is 11.3 Å². The Bertz CT molecular complexity index is 364. The van der Waals surface area contributed by atoms with Gasteiger partial charge < -0.3 is 5.11 Å². The van der Waals surface area contributed by atoms with Crippen molar-refractivity contribution in [2.45, 2.75) is 63.0 Å². The summed E-state index contributed by atoms with van der Waals surface area (Å²) in [5.74, 6) is 0.637. The quantitative estimate of drug-likeness (QED) is 0.844. The van der Waals surface area contributed by atoms with Crippen molar-refractivity contribution < 1.29 is 5.11 Å². The molecule has 0 aromatic carbocycles. The van der Waals surface area contributed by atoms with Crippen molar-refractivity contribution in [2.75, 3.05) is 0 Å². The lowest BCUT2D eigenvalue weighted by atomic mass is 10.1. The molecule has 16 heavy (non-hydrogen) atoms. The molecule has 2 aliphatic carbocycles. The maximum Gasteiger partial charge on any atom is 0.0857 e. The van der Waals surface area contributed by atoms with Gasteiger partial charge in [0.1, 0.15) is 0 Å². The second-order valence-corrected chi connectivity index (χ2v) is 5.36. The Kier molecular flexibility index (Phi) is 2.46. The third kappa shape index (κ3) is 2.12. The first kappa shape index (κ1) is 10.3. The third-order valence-electron chi connectivity index (χ3n) is 3.96. The average Bonchev–Trinajstić information content (AvgIpc) is 2.81. The molecule has 1 heterocycles. The maximum absolute atomic E-state index is 9.75. The van der Waals surface area contributed by atoms with Crippen LogP contribution in [0.15, 0.2) is 6.20 Å². The van der Waals surface area contributed by atoms with E-state index in [4.69, 9.17) is 0 Å². The summed E-state index contributed by atoms with van der Waals surface area (Å²) in [5, 5.41) is 18.1. The van der Waals surface area contributed by atoms with Crippen LogP contribution in [0.5, 0.6) is 0 Å². The van der Waals surface area contributed by atoms with Gasteiger partial charge in [0, 0.05) is 18.7 Å². The summed E-state index contributed by atoms with van der Waals surface area (Å²) in [6.07, 6.45) is 10.00. The SMILES string of the molecule is OC1(CCn2cc(C3CCCC3)nn2)CC1. The van der Waals surface area contributed by atoms with E-state index >= 15 is 0 Å². The molecule has 0 spiro atoms. The fourth-order valence-corrected chi connectivity index (χ4v) is 2.55. The van der Waals surface area contributed by atoms with E-state index in [0.29, 0.717) is 5.92 Å². The van der Waals surface area contributed by atoms with Crippen molar-refractivity contribution in [3.8, 4) is 0 Å². The van der Waals surface area contributed by atoms with Crippen LogP contribution in [0, 0.1) is 0 Å². The second kappa shape index (κ2) is 3.84. The van der Waals surface area contributed by atoms with Gasteiger partial charge in [-0.3, -0.25) is 4.68 Å². The maximum atomic E-state index is 9.75. The number of rotatable bonds is 4. The first-order valence-corrected chi connectivity index (χ1v) is 6.38. The van der Waals surface area contributed by atoms with Gasteiger partial charge in [-0.25, -0.2) is 0 Å². The van der Waals surface area contributed by atoms with Gasteiger partial charge in [0.15, 0.2) is 0 Å². The second-order valence-electron chi connectivity index (χ2n) is 5.36. The van der Waals surface area contributed by atoms with Crippen molar-refractivity contribution in [1.82, 2.24) is 15.0 Å². The van der Waals surface area contributed by atoms with Crippen LogP contribution in [-0.4, -0.2) is 25.7 Å². The predicted molar refractivity (Wildman–Crippen MR) is 60.0 cm³/mol. The summed E-state index contributed by atoms with van der Waals surface area (Å²) in [7, 11) is 0. The molecule has 1 N–H and O–H groups in total. The summed E-state index contributed by atoms with van der Waals surface area (Å²) in [5.41, 5.74) is 0.778. The zero-order valence-corrected chi connectivity index (χ0v) is 9.60.